The standard InChI is InChI=1S/C28H24FN7O2/c1-36(2)6-7-38-20-10-17(13-30-14-20)24-12-22-25(15-31-24)34-35-27(22)28-32-23-5-3-4-21(26(23)33-28)16-8-18(29)11-19(37)9-16/h3-5,8-15,37H,6-7H2,1-2H3,(H,32,33)(H,34,35). The summed E-state index contributed by atoms with van der Waals surface area (Å²) >= 11 is 0. The van der Waals surface area contributed by atoms with Gasteiger partial charge in [-0.15, -0.1) is 0 Å². The van der Waals surface area contributed by atoms with Gasteiger partial charge in [-0.05, 0) is 50.0 Å². The van der Waals surface area contributed by atoms with Gasteiger partial charge in [0.2, 0.25) is 0 Å². The summed E-state index contributed by atoms with van der Waals surface area (Å²) in [6, 6.07) is 13.4. The Morgan fingerprint density at radius 3 is 2.74 bits per heavy atom. The monoisotopic (exact) mass is 509 g/mol. The van der Waals surface area contributed by atoms with Crippen molar-refractivity contribution in [2.75, 3.05) is 27.2 Å². The molecule has 4 aromatic heterocycles. The highest BCUT2D eigenvalue weighted by Gasteiger charge is 2.17. The number of rotatable bonds is 7. The van der Waals surface area contributed by atoms with Crippen molar-refractivity contribution in [3.63, 3.8) is 0 Å². The highest BCUT2D eigenvalue weighted by atomic mass is 19.1. The van der Waals surface area contributed by atoms with Crippen LogP contribution in [0.3, 0.4) is 0 Å². The molecule has 10 heteroatoms. The first-order valence-corrected chi connectivity index (χ1v) is 12.0. The summed E-state index contributed by atoms with van der Waals surface area (Å²) in [6.45, 7) is 1.35. The van der Waals surface area contributed by atoms with E-state index in [1.165, 1.54) is 12.1 Å². The number of aromatic amines is 2. The fraction of sp³-hybridized carbons (Fsp3) is 0.143. The third kappa shape index (κ3) is 4.53. The predicted octanol–water partition coefficient (Wildman–Crippen LogP) is 5.02. The van der Waals surface area contributed by atoms with Gasteiger partial charge in [0.25, 0.3) is 0 Å². The first-order valence-electron chi connectivity index (χ1n) is 12.0. The van der Waals surface area contributed by atoms with Crippen LogP contribution in [0.5, 0.6) is 11.5 Å². The summed E-state index contributed by atoms with van der Waals surface area (Å²) in [5.74, 6) is 0.558. The summed E-state index contributed by atoms with van der Waals surface area (Å²) in [5.41, 5.74) is 5.55. The maximum atomic E-state index is 14.0. The molecule has 190 valence electrons. The molecular weight excluding hydrogens is 485 g/mol. The number of hydrogen-bond acceptors (Lipinski definition) is 7. The Morgan fingerprint density at radius 1 is 1.00 bits per heavy atom. The van der Waals surface area contributed by atoms with Crippen molar-refractivity contribution >= 4 is 21.9 Å². The van der Waals surface area contributed by atoms with Gasteiger partial charge in [-0.25, -0.2) is 9.37 Å². The molecule has 0 atom stereocenters. The molecule has 38 heavy (non-hydrogen) atoms. The van der Waals surface area contributed by atoms with Crippen molar-refractivity contribution in [1.82, 2.24) is 35.0 Å². The second kappa shape index (κ2) is 9.56. The molecule has 6 aromatic rings. The van der Waals surface area contributed by atoms with Crippen LogP contribution in [0, 0.1) is 5.82 Å². The van der Waals surface area contributed by atoms with Crippen LogP contribution >= 0.6 is 0 Å². The van der Waals surface area contributed by atoms with E-state index in [2.05, 4.69) is 30.0 Å². The summed E-state index contributed by atoms with van der Waals surface area (Å²) in [7, 11) is 3.99. The van der Waals surface area contributed by atoms with Gasteiger partial charge in [-0.1, -0.05) is 12.1 Å². The van der Waals surface area contributed by atoms with E-state index in [0.717, 1.165) is 40.3 Å². The Bertz CT molecular complexity index is 1760. The Hall–Kier alpha value is -4.83. The quantitative estimate of drug-likeness (QED) is 0.277. The predicted molar refractivity (Wildman–Crippen MR) is 143 cm³/mol. The van der Waals surface area contributed by atoms with E-state index in [0.29, 0.717) is 40.5 Å². The number of imidazole rings is 1. The minimum Gasteiger partial charge on any atom is -0.508 e. The number of benzene rings is 2. The topological polar surface area (TPSA) is 116 Å². The SMILES string of the molecule is CN(C)CCOc1cncc(-c2cc3c(-c4nc5c(-c6cc(O)cc(F)c6)cccc5[nH]4)n[nH]c3cn2)c1. The van der Waals surface area contributed by atoms with Crippen molar-refractivity contribution in [1.29, 1.82) is 0 Å². The van der Waals surface area contributed by atoms with Crippen molar-refractivity contribution in [2.24, 2.45) is 0 Å². The fourth-order valence-corrected chi connectivity index (χ4v) is 4.35. The zero-order valence-corrected chi connectivity index (χ0v) is 20.7. The Kier molecular flexibility index (Phi) is 5.93. The number of nitrogens with zero attached hydrogens (tertiary/aromatic N) is 5. The van der Waals surface area contributed by atoms with Crippen LogP contribution in [-0.4, -0.2) is 67.4 Å². The summed E-state index contributed by atoms with van der Waals surface area (Å²) < 4.78 is 19.8. The minimum atomic E-state index is -0.521. The Labute approximate surface area is 217 Å². The van der Waals surface area contributed by atoms with E-state index in [4.69, 9.17) is 9.72 Å². The van der Waals surface area contributed by atoms with E-state index < -0.39 is 5.82 Å². The smallest absolute Gasteiger partial charge is 0.159 e. The number of aromatic hydroxyl groups is 1. The lowest BCUT2D eigenvalue weighted by atomic mass is 10.0. The molecule has 0 spiro atoms. The van der Waals surface area contributed by atoms with Crippen molar-refractivity contribution in [2.45, 2.75) is 0 Å². The molecule has 0 saturated carbocycles. The van der Waals surface area contributed by atoms with Crippen LogP contribution < -0.4 is 4.74 Å². The number of fused-ring (bicyclic) bond motifs is 2. The zero-order chi connectivity index (χ0) is 26.2. The molecular formula is C28H24FN7O2. The van der Waals surface area contributed by atoms with Gasteiger partial charge in [0.1, 0.15) is 29.6 Å². The number of H-pyrrole nitrogens is 2. The van der Waals surface area contributed by atoms with Gasteiger partial charge in [0.15, 0.2) is 5.82 Å². The molecule has 0 aliphatic heterocycles. The second-order valence-corrected chi connectivity index (χ2v) is 9.23. The van der Waals surface area contributed by atoms with Crippen LogP contribution in [0.4, 0.5) is 4.39 Å². The highest BCUT2D eigenvalue weighted by Crippen LogP contribution is 2.34. The Morgan fingerprint density at radius 2 is 1.89 bits per heavy atom. The lowest BCUT2D eigenvalue weighted by molar-refractivity contribution is 0.261. The number of phenolic OH excluding ortho intramolecular Hbond substituents is 1. The number of para-hydroxylation sites is 1. The third-order valence-electron chi connectivity index (χ3n) is 6.19. The van der Waals surface area contributed by atoms with Crippen LogP contribution in [0.25, 0.3) is 55.8 Å². The van der Waals surface area contributed by atoms with Gasteiger partial charge in [-0.3, -0.25) is 15.1 Å². The third-order valence-corrected chi connectivity index (χ3v) is 6.19. The molecule has 3 N–H and O–H groups in total. The van der Waals surface area contributed by atoms with Gasteiger partial charge < -0.3 is 19.7 Å². The number of halogens is 1. The maximum Gasteiger partial charge on any atom is 0.159 e. The molecule has 6 rings (SSSR count). The van der Waals surface area contributed by atoms with Gasteiger partial charge in [0, 0.05) is 35.3 Å². The molecule has 9 nitrogen and oxygen atoms in total. The van der Waals surface area contributed by atoms with E-state index in [9.17, 15) is 9.50 Å². The average Bonchev–Trinajstić information content (AvgIpc) is 3.51. The lowest BCUT2D eigenvalue weighted by Crippen LogP contribution is -2.19. The molecule has 0 saturated heterocycles. The molecule has 0 fully saturated rings. The van der Waals surface area contributed by atoms with Gasteiger partial charge >= 0.3 is 0 Å². The molecule has 2 aromatic carbocycles. The number of aromatic nitrogens is 6. The van der Waals surface area contributed by atoms with Crippen LogP contribution in [-0.2, 0) is 0 Å². The number of likely N-dealkylation sites (N-methyl/N-ethyl adjacent to an activating group) is 1. The van der Waals surface area contributed by atoms with Crippen LogP contribution in [0.2, 0.25) is 0 Å². The molecule has 0 aliphatic carbocycles. The molecule has 0 bridgehead atoms. The first-order chi connectivity index (χ1) is 18.4. The average molecular weight is 510 g/mol. The number of pyridine rings is 2. The van der Waals surface area contributed by atoms with Crippen molar-refractivity contribution in [3.05, 3.63) is 72.9 Å². The largest absolute Gasteiger partial charge is 0.508 e. The van der Waals surface area contributed by atoms with Gasteiger partial charge in [0.05, 0.1) is 34.6 Å². The Balaban J connectivity index is 1.38. The second-order valence-electron chi connectivity index (χ2n) is 9.23. The maximum absolute atomic E-state index is 14.0. The molecule has 0 radical (unpaired) electrons. The van der Waals surface area contributed by atoms with Crippen LogP contribution in [0.15, 0.2) is 67.1 Å². The zero-order valence-electron chi connectivity index (χ0n) is 20.7. The first kappa shape index (κ1) is 23.6. The van der Waals surface area contributed by atoms with E-state index in [-0.39, 0.29) is 5.75 Å². The van der Waals surface area contributed by atoms with E-state index >= 15 is 0 Å². The molecule has 4 heterocycles. The molecule has 0 amide bonds. The normalized spacial score (nSPS) is 11.6. The fourth-order valence-electron chi connectivity index (χ4n) is 4.35. The number of ether oxygens (including phenoxy) is 1. The van der Waals surface area contributed by atoms with Crippen molar-refractivity contribution in [3.8, 4) is 45.4 Å². The van der Waals surface area contributed by atoms with Crippen molar-refractivity contribution < 1.29 is 14.2 Å². The molecule has 0 unspecified atom stereocenters. The lowest BCUT2D eigenvalue weighted by Gasteiger charge is -2.11. The number of nitrogens with one attached hydrogen (secondary N) is 2. The number of hydrogen-bond donors (Lipinski definition) is 3. The number of phenols is 1. The summed E-state index contributed by atoms with van der Waals surface area (Å²) in [6.07, 6.45) is 5.16. The van der Waals surface area contributed by atoms with E-state index in [1.54, 1.807) is 18.6 Å². The van der Waals surface area contributed by atoms with E-state index in [1.807, 2.05) is 44.4 Å². The minimum absolute atomic E-state index is 0.146. The summed E-state index contributed by atoms with van der Waals surface area (Å²) in [4.78, 5) is 19.1. The molecule has 0 aliphatic rings. The highest BCUT2D eigenvalue weighted by molar-refractivity contribution is 5.97. The van der Waals surface area contributed by atoms with Crippen LogP contribution in [0.1, 0.15) is 0 Å². The summed E-state index contributed by atoms with van der Waals surface area (Å²) in [5, 5.41) is 18.2. The van der Waals surface area contributed by atoms with Gasteiger partial charge in [-0.2, -0.15) is 5.10 Å².